The summed E-state index contributed by atoms with van der Waals surface area (Å²) in [6.45, 7) is 8.15. The highest BCUT2D eigenvalue weighted by Crippen LogP contribution is 2.34. The second-order valence-electron chi connectivity index (χ2n) is 6.15. The maximum absolute atomic E-state index is 12.6. The van der Waals surface area contributed by atoms with E-state index in [9.17, 15) is 9.59 Å². The van der Waals surface area contributed by atoms with Crippen molar-refractivity contribution in [2.24, 2.45) is 4.99 Å². The van der Waals surface area contributed by atoms with E-state index in [-0.39, 0.29) is 11.9 Å². The minimum Gasteiger partial charge on any atom is -0.382 e. The molecule has 0 bridgehead atoms. The van der Waals surface area contributed by atoms with Gasteiger partial charge in [0.25, 0.3) is 5.91 Å². The molecule has 8 heteroatoms. The average molecular weight is 334 g/mol. The molecule has 1 aromatic heterocycles. The number of aliphatic imine (C=N–C) groups is 1. The molecular weight excluding hydrogens is 310 g/mol. The van der Waals surface area contributed by atoms with Crippen molar-refractivity contribution in [2.45, 2.75) is 39.8 Å². The zero-order valence-corrected chi connectivity index (χ0v) is 14.9. The van der Waals surface area contributed by atoms with Crippen LogP contribution in [0.15, 0.2) is 4.99 Å². The summed E-state index contributed by atoms with van der Waals surface area (Å²) < 4.78 is 9.45. The molecule has 1 unspecified atom stereocenters. The number of carbonyl (C=O) groups excluding carboxylic acids is 2. The second kappa shape index (κ2) is 6.01. The van der Waals surface area contributed by atoms with E-state index >= 15 is 0 Å². The lowest BCUT2D eigenvalue weighted by Crippen LogP contribution is -2.56. The number of nitrogens with zero attached hydrogens (tertiary/aromatic N) is 5. The van der Waals surface area contributed by atoms with E-state index < -0.39 is 6.04 Å². The van der Waals surface area contributed by atoms with Crippen molar-refractivity contribution in [3.8, 4) is 0 Å². The zero-order chi connectivity index (χ0) is 17.6. The Morgan fingerprint density at radius 2 is 1.92 bits per heavy atom. The molecule has 0 radical (unpaired) electrons. The van der Waals surface area contributed by atoms with Crippen LogP contribution in [0.1, 0.15) is 30.8 Å². The molecule has 0 aliphatic carbocycles. The molecule has 130 valence electrons. The molecule has 3 rings (SSSR count). The lowest BCUT2D eigenvalue weighted by Gasteiger charge is -2.30. The number of amides is 3. The van der Waals surface area contributed by atoms with Crippen molar-refractivity contribution in [3.63, 3.8) is 0 Å². The van der Waals surface area contributed by atoms with Gasteiger partial charge in [-0.1, -0.05) is 4.99 Å². The third-order valence-corrected chi connectivity index (χ3v) is 4.82. The fraction of sp³-hybridized carbons (Fsp3) is 0.625. The lowest BCUT2D eigenvalue weighted by atomic mass is 10.1. The van der Waals surface area contributed by atoms with E-state index in [0.717, 1.165) is 35.2 Å². The molecule has 1 fully saturated rings. The van der Waals surface area contributed by atoms with Gasteiger partial charge in [-0.2, -0.15) is 0 Å². The summed E-state index contributed by atoms with van der Waals surface area (Å²) in [6, 6.07) is -0.905. The maximum atomic E-state index is 12.6. The maximum Gasteiger partial charge on any atom is 0.402 e. The predicted octanol–water partition coefficient (Wildman–Crippen LogP) is 0.928. The first-order chi connectivity index (χ1) is 11.4. The monoisotopic (exact) mass is 334 g/mol. The molecule has 1 atom stereocenters. The van der Waals surface area contributed by atoms with Crippen LogP contribution >= 0.6 is 0 Å². The number of urea groups is 1. The molecule has 0 spiro atoms. The fourth-order valence-electron chi connectivity index (χ4n) is 3.32. The van der Waals surface area contributed by atoms with Gasteiger partial charge in [0.1, 0.15) is 11.4 Å². The number of aromatic nitrogens is 2. The third kappa shape index (κ3) is 2.24. The van der Waals surface area contributed by atoms with Gasteiger partial charge in [-0.05, 0) is 20.8 Å². The van der Waals surface area contributed by atoms with Gasteiger partial charge >= 0.3 is 12.0 Å². The minimum atomic E-state index is -0.556. The van der Waals surface area contributed by atoms with Gasteiger partial charge in [0.05, 0.1) is 6.54 Å². The molecule has 8 nitrogen and oxygen atoms in total. The Kier molecular flexibility index (Phi) is 4.16. The Morgan fingerprint density at radius 3 is 2.58 bits per heavy atom. The van der Waals surface area contributed by atoms with E-state index in [1.165, 1.54) is 11.9 Å². The predicted molar refractivity (Wildman–Crippen MR) is 87.3 cm³/mol. The van der Waals surface area contributed by atoms with E-state index in [0.29, 0.717) is 19.0 Å². The fourth-order valence-corrected chi connectivity index (χ4v) is 3.32. The number of likely N-dealkylation sites (N-methyl/N-ethyl adjacent to an activating group) is 2. The SMILES string of the molecule is CCOCCC[n+]1c(C)c(C)n2c1N=C1C2C(=O)N(C)C(=O)N1C. The summed E-state index contributed by atoms with van der Waals surface area (Å²) >= 11 is 0. The van der Waals surface area contributed by atoms with Gasteiger partial charge < -0.3 is 4.74 Å². The van der Waals surface area contributed by atoms with Gasteiger partial charge in [-0.15, -0.1) is 0 Å². The van der Waals surface area contributed by atoms with Crippen LogP contribution in [0.2, 0.25) is 0 Å². The quantitative estimate of drug-likeness (QED) is 0.594. The highest BCUT2D eigenvalue weighted by Gasteiger charge is 2.53. The van der Waals surface area contributed by atoms with Crippen LogP contribution in [0.3, 0.4) is 0 Å². The first-order valence-electron chi connectivity index (χ1n) is 8.22. The number of imidazole rings is 1. The van der Waals surface area contributed by atoms with Crippen LogP contribution in [0.4, 0.5) is 10.7 Å². The van der Waals surface area contributed by atoms with Crippen molar-refractivity contribution >= 4 is 23.7 Å². The molecule has 0 saturated carbocycles. The standard InChI is InChI=1S/C16H24N5O3/c1-6-24-9-7-8-20-10(2)11(3)21-12-13(17-15(20)21)18(4)16(23)19(5)14(12)22/h12H,6-9H2,1-5H3/q+1. The summed E-state index contributed by atoms with van der Waals surface area (Å²) in [5.41, 5.74) is 2.08. The summed E-state index contributed by atoms with van der Waals surface area (Å²) in [7, 11) is 3.17. The van der Waals surface area contributed by atoms with Crippen LogP contribution in [0, 0.1) is 13.8 Å². The first kappa shape index (κ1) is 16.6. The number of imide groups is 1. The van der Waals surface area contributed by atoms with Gasteiger partial charge in [0, 0.05) is 33.7 Å². The van der Waals surface area contributed by atoms with Crippen molar-refractivity contribution in [1.82, 2.24) is 14.4 Å². The number of carbonyl (C=O) groups is 2. The van der Waals surface area contributed by atoms with Crippen molar-refractivity contribution in [3.05, 3.63) is 11.4 Å². The van der Waals surface area contributed by atoms with Gasteiger partial charge in [-0.25, -0.2) is 13.9 Å². The summed E-state index contributed by atoms with van der Waals surface area (Å²) in [6.07, 6.45) is 0.869. The van der Waals surface area contributed by atoms with Crippen LogP contribution in [0.5, 0.6) is 0 Å². The van der Waals surface area contributed by atoms with E-state index in [4.69, 9.17) is 4.74 Å². The topological polar surface area (TPSA) is 71.0 Å². The van der Waals surface area contributed by atoms with E-state index in [1.54, 1.807) is 7.05 Å². The molecule has 3 amide bonds. The van der Waals surface area contributed by atoms with Gasteiger partial charge in [0.2, 0.25) is 11.9 Å². The Bertz CT molecular complexity index is 737. The Hall–Kier alpha value is -2.22. The lowest BCUT2D eigenvalue weighted by molar-refractivity contribution is -0.689. The van der Waals surface area contributed by atoms with Crippen molar-refractivity contribution < 1.29 is 18.9 Å². The number of ether oxygens (including phenoxy) is 1. The zero-order valence-electron chi connectivity index (χ0n) is 14.9. The highest BCUT2D eigenvalue weighted by atomic mass is 16.5. The molecular formula is C16H24N5O3+. The molecule has 3 heterocycles. The molecule has 24 heavy (non-hydrogen) atoms. The Balaban J connectivity index is 2.00. The Labute approximate surface area is 141 Å². The smallest absolute Gasteiger partial charge is 0.382 e. The average Bonchev–Trinajstić information content (AvgIpc) is 3.06. The van der Waals surface area contributed by atoms with E-state index in [1.807, 2.05) is 25.3 Å². The van der Waals surface area contributed by atoms with Crippen molar-refractivity contribution in [2.75, 3.05) is 27.3 Å². The van der Waals surface area contributed by atoms with Crippen LogP contribution in [0.25, 0.3) is 0 Å². The van der Waals surface area contributed by atoms with Gasteiger partial charge in [-0.3, -0.25) is 14.6 Å². The number of hydrogen-bond acceptors (Lipinski definition) is 4. The summed E-state index contributed by atoms with van der Waals surface area (Å²) in [5, 5.41) is 0. The summed E-state index contributed by atoms with van der Waals surface area (Å²) in [4.78, 5) is 32.0. The highest BCUT2D eigenvalue weighted by molar-refractivity contribution is 6.20. The molecule has 0 aromatic carbocycles. The largest absolute Gasteiger partial charge is 0.402 e. The minimum absolute atomic E-state index is 0.241. The van der Waals surface area contributed by atoms with E-state index in [2.05, 4.69) is 9.56 Å². The molecule has 1 aromatic rings. The Morgan fingerprint density at radius 1 is 1.21 bits per heavy atom. The normalized spacial score (nSPS) is 19.7. The van der Waals surface area contributed by atoms with Crippen LogP contribution < -0.4 is 4.57 Å². The van der Waals surface area contributed by atoms with Crippen molar-refractivity contribution in [1.29, 1.82) is 0 Å². The second-order valence-corrected chi connectivity index (χ2v) is 6.15. The molecule has 2 aliphatic rings. The molecule has 1 saturated heterocycles. The number of amidine groups is 1. The molecule has 2 aliphatic heterocycles. The number of hydrogen-bond donors (Lipinski definition) is 0. The van der Waals surface area contributed by atoms with Crippen LogP contribution in [-0.2, 0) is 16.1 Å². The van der Waals surface area contributed by atoms with Gasteiger partial charge in [0.15, 0.2) is 0 Å². The number of rotatable bonds is 5. The first-order valence-corrected chi connectivity index (χ1v) is 8.22. The summed E-state index contributed by atoms with van der Waals surface area (Å²) in [5.74, 6) is 0.986. The molecule has 0 N–H and O–H groups in total. The van der Waals surface area contributed by atoms with Crippen LogP contribution in [-0.4, -0.2) is 59.4 Å². The number of fused-ring (bicyclic) bond motifs is 3. The third-order valence-electron chi connectivity index (χ3n) is 4.82.